The molecule has 0 aliphatic heterocycles. The largest absolute Gasteiger partial charge is 0.376 e. The highest BCUT2D eigenvalue weighted by atomic mass is 79.9. The minimum atomic E-state index is 0.684. The van der Waals surface area contributed by atoms with Gasteiger partial charge in [-0.15, -0.1) is 0 Å². The molecular formula is C11H13BrO. The van der Waals surface area contributed by atoms with Crippen molar-refractivity contribution in [1.82, 2.24) is 0 Å². The van der Waals surface area contributed by atoms with Crippen LogP contribution < -0.4 is 0 Å². The molecule has 2 heteroatoms. The van der Waals surface area contributed by atoms with E-state index in [1.807, 2.05) is 18.2 Å². The monoisotopic (exact) mass is 240 g/mol. The first-order valence-corrected chi connectivity index (χ1v) is 5.34. The van der Waals surface area contributed by atoms with E-state index in [1.54, 1.807) is 0 Å². The van der Waals surface area contributed by atoms with Crippen molar-refractivity contribution >= 4 is 22.0 Å². The van der Waals surface area contributed by atoms with Crippen molar-refractivity contribution in [3.8, 4) is 0 Å². The summed E-state index contributed by atoms with van der Waals surface area (Å²) in [4.78, 5) is 0. The summed E-state index contributed by atoms with van der Waals surface area (Å²) in [5.74, 6) is 0. The van der Waals surface area contributed by atoms with Gasteiger partial charge in [0.1, 0.15) is 0 Å². The second-order valence-corrected chi connectivity index (χ2v) is 3.48. The topological polar surface area (TPSA) is 9.23 Å². The van der Waals surface area contributed by atoms with E-state index in [2.05, 4.69) is 34.6 Å². The van der Waals surface area contributed by atoms with Crippen LogP contribution in [0, 0.1) is 0 Å². The average Bonchev–Trinajstić information content (AvgIpc) is 2.19. The van der Waals surface area contributed by atoms with Gasteiger partial charge in [0, 0.05) is 5.33 Å². The molecule has 0 heterocycles. The van der Waals surface area contributed by atoms with Gasteiger partial charge in [-0.25, -0.2) is 0 Å². The number of hydrogen-bond donors (Lipinski definition) is 0. The summed E-state index contributed by atoms with van der Waals surface area (Å²) in [5.41, 5.74) is 2.34. The SMILES string of the molecule is C=Cc1ccc(COCCBr)cc1. The second-order valence-electron chi connectivity index (χ2n) is 2.69. The van der Waals surface area contributed by atoms with Gasteiger partial charge in [-0.1, -0.05) is 52.9 Å². The third kappa shape index (κ3) is 3.75. The average molecular weight is 241 g/mol. The van der Waals surface area contributed by atoms with Crippen molar-refractivity contribution in [1.29, 1.82) is 0 Å². The first-order chi connectivity index (χ1) is 6.36. The van der Waals surface area contributed by atoms with Gasteiger partial charge in [-0.2, -0.15) is 0 Å². The third-order valence-corrected chi connectivity index (χ3v) is 2.03. The lowest BCUT2D eigenvalue weighted by Gasteiger charge is -2.02. The number of hydrogen-bond acceptors (Lipinski definition) is 1. The molecule has 0 unspecified atom stereocenters. The quantitative estimate of drug-likeness (QED) is 0.568. The Morgan fingerprint density at radius 1 is 1.31 bits per heavy atom. The Labute approximate surface area is 87.5 Å². The van der Waals surface area contributed by atoms with E-state index in [-0.39, 0.29) is 0 Å². The van der Waals surface area contributed by atoms with Gasteiger partial charge >= 0.3 is 0 Å². The molecule has 0 saturated carbocycles. The predicted molar refractivity (Wildman–Crippen MR) is 60.0 cm³/mol. The summed E-state index contributed by atoms with van der Waals surface area (Å²) in [7, 11) is 0. The summed E-state index contributed by atoms with van der Waals surface area (Å²) >= 11 is 3.31. The van der Waals surface area contributed by atoms with Gasteiger partial charge in [-0.05, 0) is 11.1 Å². The van der Waals surface area contributed by atoms with E-state index in [4.69, 9.17) is 4.74 Å². The smallest absolute Gasteiger partial charge is 0.0717 e. The van der Waals surface area contributed by atoms with E-state index in [0.717, 1.165) is 17.5 Å². The molecule has 0 radical (unpaired) electrons. The van der Waals surface area contributed by atoms with Crippen LogP contribution in [0.2, 0.25) is 0 Å². The molecule has 0 saturated heterocycles. The summed E-state index contributed by atoms with van der Waals surface area (Å²) in [6.07, 6.45) is 1.84. The van der Waals surface area contributed by atoms with E-state index in [9.17, 15) is 0 Å². The molecule has 1 aromatic rings. The molecule has 13 heavy (non-hydrogen) atoms. The number of alkyl halides is 1. The van der Waals surface area contributed by atoms with Crippen molar-refractivity contribution in [3.63, 3.8) is 0 Å². The Bertz CT molecular complexity index is 253. The van der Waals surface area contributed by atoms with Crippen LogP contribution in [0.5, 0.6) is 0 Å². The first-order valence-electron chi connectivity index (χ1n) is 4.22. The Morgan fingerprint density at radius 2 is 2.00 bits per heavy atom. The molecule has 70 valence electrons. The van der Waals surface area contributed by atoms with Crippen LogP contribution in [0.4, 0.5) is 0 Å². The standard InChI is InChI=1S/C11H13BrO/c1-2-10-3-5-11(6-4-10)9-13-8-7-12/h2-6H,1,7-9H2. The summed E-state index contributed by atoms with van der Waals surface area (Å²) in [5, 5.41) is 0.887. The van der Waals surface area contributed by atoms with Crippen molar-refractivity contribution in [3.05, 3.63) is 42.0 Å². The summed E-state index contributed by atoms with van der Waals surface area (Å²) in [6, 6.07) is 8.20. The number of benzene rings is 1. The van der Waals surface area contributed by atoms with Crippen LogP contribution in [0.25, 0.3) is 6.08 Å². The van der Waals surface area contributed by atoms with Crippen LogP contribution in [0.15, 0.2) is 30.8 Å². The van der Waals surface area contributed by atoms with Gasteiger partial charge in [0.25, 0.3) is 0 Å². The maximum absolute atomic E-state index is 5.37. The van der Waals surface area contributed by atoms with Gasteiger partial charge in [0.15, 0.2) is 0 Å². The van der Waals surface area contributed by atoms with Crippen LogP contribution in [0.1, 0.15) is 11.1 Å². The summed E-state index contributed by atoms with van der Waals surface area (Å²) < 4.78 is 5.37. The lowest BCUT2D eigenvalue weighted by Crippen LogP contribution is -1.95. The number of rotatable bonds is 5. The Balaban J connectivity index is 2.44. The molecule has 0 bridgehead atoms. The third-order valence-electron chi connectivity index (χ3n) is 1.71. The molecule has 0 atom stereocenters. The van der Waals surface area contributed by atoms with E-state index >= 15 is 0 Å². The normalized spacial score (nSPS) is 9.92. The van der Waals surface area contributed by atoms with Gasteiger partial charge < -0.3 is 4.74 Å². The van der Waals surface area contributed by atoms with Crippen LogP contribution in [-0.4, -0.2) is 11.9 Å². The zero-order chi connectivity index (χ0) is 9.52. The van der Waals surface area contributed by atoms with Crippen molar-refractivity contribution in [2.45, 2.75) is 6.61 Å². The minimum Gasteiger partial charge on any atom is -0.376 e. The Kier molecular flexibility index (Phi) is 4.79. The van der Waals surface area contributed by atoms with Crippen molar-refractivity contribution in [2.24, 2.45) is 0 Å². The number of ether oxygens (including phenoxy) is 1. The fourth-order valence-electron chi connectivity index (χ4n) is 0.995. The fraction of sp³-hybridized carbons (Fsp3) is 0.273. The molecule has 0 N–H and O–H groups in total. The highest BCUT2D eigenvalue weighted by molar-refractivity contribution is 9.09. The maximum atomic E-state index is 5.37. The highest BCUT2D eigenvalue weighted by Crippen LogP contribution is 2.06. The molecule has 0 aliphatic rings. The molecule has 1 nitrogen and oxygen atoms in total. The molecule has 0 amide bonds. The molecule has 0 aromatic heterocycles. The van der Waals surface area contributed by atoms with Gasteiger partial charge in [0.05, 0.1) is 13.2 Å². The second kappa shape index (κ2) is 5.95. The lowest BCUT2D eigenvalue weighted by molar-refractivity contribution is 0.137. The van der Waals surface area contributed by atoms with E-state index < -0.39 is 0 Å². The molecule has 0 fully saturated rings. The molecular weight excluding hydrogens is 228 g/mol. The van der Waals surface area contributed by atoms with Crippen molar-refractivity contribution in [2.75, 3.05) is 11.9 Å². The van der Waals surface area contributed by atoms with Gasteiger partial charge in [-0.3, -0.25) is 0 Å². The first kappa shape index (κ1) is 10.5. The van der Waals surface area contributed by atoms with E-state index in [0.29, 0.717) is 6.61 Å². The minimum absolute atomic E-state index is 0.684. The van der Waals surface area contributed by atoms with Crippen molar-refractivity contribution < 1.29 is 4.74 Å². The molecule has 0 spiro atoms. The lowest BCUT2D eigenvalue weighted by atomic mass is 10.1. The molecule has 1 aromatic carbocycles. The Morgan fingerprint density at radius 3 is 2.54 bits per heavy atom. The Hall–Kier alpha value is -0.600. The maximum Gasteiger partial charge on any atom is 0.0717 e. The van der Waals surface area contributed by atoms with E-state index in [1.165, 1.54) is 5.56 Å². The van der Waals surface area contributed by atoms with Gasteiger partial charge in [0.2, 0.25) is 0 Å². The highest BCUT2D eigenvalue weighted by Gasteiger charge is 1.92. The number of halogens is 1. The predicted octanol–water partition coefficient (Wildman–Crippen LogP) is 3.24. The van der Waals surface area contributed by atoms with Crippen LogP contribution >= 0.6 is 15.9 Å². The zero-order valence-corrected chi connectivity index (χ0v) is 9.09. The molecule has 0 aliphatic carbocycles. The van der Waals surface area contributed by atoms with Crippen LogP contribution in [-0.2, 0) is 11.3 Å². The molecule has 1 rings (SSSR count). The summed E-state index contributed by atoms with van der Waals surface area (Å²) in [6.45, 7) is 5.14. The zero-order valence-electron chi connectivity index (χ0n) is 7.50. The fourth-order valence-corrected chi connectivity index (χ4v) is 1.22. The van der Waals surface area contributed by atoms with Crippen LogP contribution in [0.3, 0.4) is 0 Å².